The minimum absolute atomic E-state index is 0.106. The molecule has 19 heavy (non-hydrogen) atoms. The van der Waals surface area contributed by atoms with Crippen molar-refractivity contribution in [1.29, 1.82) is 0 Å². The molecule has 0 bridgehead atoms. The van der Waals surface area contributed by atoms with E-state index in [0.29, 0.717) is 6.42 Å². The molecule has 0 radical (unpaired) electrons. The summed E-state index contributed by atoms with van der Waals surface area (Å²) in [6.45, 7) is 3.89. The van der Waals surface area contributed by atoms with Crippen molar-refractivity contribution in [3.8, 4) is 0 Å². The summed E-state index contributed by atoms with van der Waals surface area (Å²) in [6, 6.07) is 7.07. The molecule has 1 aromatic carbocycles. The number of nitrogens with one attached hydrogen (secondary N) is 1. The topological polar surface area (TPSA) is 66.4 Å². The fraction of sp³-hybridized carbons (Fsp3) is 0.571. The van der Waals surface area contributed by atoms with Crippen molar-refractivity contribution < 1.29 is 13.5 Å². The number of fused-ring (bicyclic) bond motifs is 1. The number of hydrogen-bond acceptors (Lipinski definition) is 3. The van der Waals surface area contributed by atoms with E-state index in [4.69, 9.17) is 0 Å². The lowest BCUT2D eigenvalue weighted by Gasteiger charge is -2.19. The Hall–Kier alpha value is -0.910. The predicted octanol–water partition coefficient (Wildman–Crippen LogP) is 1.61. The van der Waals surface area contributed by atoms with E-state index in [1.807, 2.05) is 38.1 Å². The van der Waals surface area contributed by atoms with E-state index in [1.54, 1.807) is 0 Å². The van der Waals surface area contributed by atoms with E-state index >= 15 is 0 Å². The summed E-state index contributed by atoms with van der Waals surface area (Å²) in [5.41, 5.74) is 1.91. The average molecular weight is 283 g/mol. The zero-order chi connectivity index (χ0) is 14.0. The Morgan fingerprint density at radius 3 is 2.79 bits per heavy atom. The van der Waals surface area contributed by atoms with Crippen molar-refractivity contribution in [3.63, 3.8) is 0 Å². The zero-order valence-electron chi connectivity index (χ0n) is 11.3. The number of benzene rings is 1. The van der Waals surface area contributed by atoms with Crippen molar-refractivity contribution in [3.05, 3.63) is 35.4 Å². The molecule has 4 nitrogen and oxygen atoms in total. The molecule has 1 aromatic rings. The van der Waals surface area contributed by atoms with E-state index in [2.05, 4.69) is 4.72 Å². The summed E-state index contributed by atoms with van der Waals surface area (Å²) >= 11 is 0. The average Bonchev–Trinajstić information content (AvgIpc) is 2.65. The predicted molar refractivity (Wildman–Crippen MR) is 75.3 cm³/mol. The Morgan fingerprint density at radius 1 is 1.42 bits per heavy atom. The second-order valence-electron chi connectivity index (χ2n) is 5.36. The molecule has 3 atom stereocenters. The van der Waals surface area contributed by atoms with Crippen LogP contribution in [0.4, 0.5) is 0 Å². The van der Waals surface area contributed by atoms with Crippen molar-refractivity contribution >= 4 is 10.0 Å². The highest BCUT2D eigenvalue weighted by Crippen LogP contribution is 2.31. The van der Waals surface area contributed by atoms with Crippen LogP contribution in [0, 0.1) is 5.92 Å². The Kier molecular flexibility index (Phi) is 4.28. The van der Waals surface area contributed by atoms with Crippen LogP contribution in [0.2, 0.25) is 0 Å². The Labute approximate surface area is 114 Å². The van der Waals surface area contributed by atoms with Gasteiger partial charge in [-0.1, -0.05) is 44.5 Å². The van der Waals surface area contributed by atoms with Crippen molar-refractivity contribution in [1.82, 2.24) is 4.72 Å². The summed E-state index contributed by atoms with van der Waals surface area (Å²) in [6.07, 6.45) is 0.654. The molecule has 0 saturated carbocycles. The second kappa shape index (κ2) is 5.61. The van der Waals surface area contributed by atoms with Gasteiger partial charge in [0.05, 0.1) is 17.9 Å². The van der Waals surface area contributed by atoms with Gasteiger partial charge in [-0.3, -0.25) is 0 Å². The minimum atomic E-state index is -3.36. The third-order valence-electron chi connectivity index (χ3n) is 3.71. The van der Waals surface area contributed by atoms with Crippen LogP contribution < -0.4 is 4.72 Å². The van der Waals surface area contributed by atoms with Crippen LogP contribution in [-0.2, 0) is 16.4 Å². The van der Waals surface area contributed by atoms with Crippen LogP contribution in [0.15, 0.2) is 24.3 Å². The van der Waals surface area contributed by atoms with Crippen LogP contribution in [-0.4, -0.2) is 25.4 Å². The first kappa shape index (κ1) is 14.5. The molecule has 0 fully saturated rings. The van der Waals surface area contributed by atoms with E-state index < -0.39 is 22.2 Å². The smallest absolute Gasteiger partial charge is 0.212 e. The van der Waals surface area contributed by atoms with E-state index in [-0.39, 0.29) is 11.7 Å². The number of rotatable bonds is 5. The van der Waals surface area contributed by atoms with Crippen molar-refractivity contribution in [2.45, 2.75) is 38.8 Å². The highest BCUT2D eigenvalue weighted by molar-refractivity contribution is 7.89. The maximum Gasteiger partial charge on any atom is 0.212 e. The molecule has 1 aliphatic carbocycles. The molecule has 0 aromatic heterocycles. The lowest BCUT2D eigenvalue weighted by Crippen LogP contribution is -2.36. The van der Waals surface area contributed by atoms with E-state index in [0.717, 1.165) is 17.5 Å². The molecule has 0 heterocycles. The van der Waals surface area contributed by atoms with Gasteiger partial charge < -0.3 is 5.11 Å². The monoisotopic (exact) mass is 283 g/mol. The fourth-order valence-electron chi connectivity index (χ4n) is 2.45. The van der Waals surface area contributed by atoms with Gasteiger partial charge in [-0.25, -0.2) is 13.1 Å². The Bertz CT molecular complexity index is 541. The van der Waals surface area contributed by atoms with E-state index in [1.165, 1.54) is 0 Å². The van der Waals surface area contributed by atoms with Gasteiger partial charge in [0.1, 0.15) is 0 Å². The van der Waals surface area contributed by atoms with Gasteiger partial charge in [0.2, 0.25) is 10.0 Å². The van der Waals surface area contributed by atoms with Gasteiger partial charge in [-0.15, -0.1) is 0 Å². The summed E-state index contributed by atoms with van der Waals surface area (Å²) in [4.78, 5) is 0. The molecule has 2 rings (SSSR count). The van der Waals surface area contributed by atoms with Gasteiger partial charge in [0, 0.05) is 6.42 Å². The SMILES string of the molecule is CCC(C)CS(=O)(=O)N[C@H]1c2ccccc2C[C@H]1O. The lowest BCUT2D eigenvalue weighted by molar-refractivity contribution is 0.151. The van der Waals surface area contributed by atoms with Crippen LogP contribution in [0.25, 0.3) is 0 Å². The lowest BCUT2D eigenvalue weighted by atomic mass is 10.1. The first-order valence-corrected chi connectivity index (χ1v) is 8.34. The number of sulfonamides is 1. The number of aliphatic hydroxyl groups is 1. The Morgan fingerprint density at radius 2 is 2.11 bits per heavy atom. The highest BCUT2D eigenvalue weighted by Gasteiger charge is 2.33. The maximum absolute atomic E-state index is 12.1. The quantitative estimate of drug-likeness (QED) is 0.863. The van der Waals surface area contributed by atoms with Gasteiger partial charge in [-0.05, 0) is 17.0 Å². The molecule has 106 valence electrons. The van der Waals surface area contributed by atoms with Crippen molar-refractivity contribution in [2.24, 2.45) is 5.92 Å². The standard InChI is InChI=1S/C14H21NO3S/c1-3-10(2)9-19(17,18)15-14-12-7-5-4-6-11(12)8-13(14)16/h4-7,10,13-16H,3,8-9H2,1-2H3/t10?,13-,14+/m1/s1. The largest absolute Gasteiger partial charge is 0.391 e. The first-order valence-electron chi connectivity index (χ1n) is 6.69. The molecular weight excluding hydrogens is 262 g/mol. The van der Waals surface area contributed by atoms with E-state index in [9.17, 15) is 13.5 Å². The summed E-state index contributed by atoms with van der Waals surface area (Å²) < 4.78 is 26.8. The fourth-order valence-corrected chi connectivity index (χ4v) is 4.20. The van der Waals surface area contributed by atoms with Crippen molar-refractivity contribution in [2.75, 3.05) is 5.75 Å². The normalized spacial score (nSPS) is 24.2. The van der Waals surface area contributed by atoms with Crippen LogP contribution in [0.3, 0.4) is 0 Å². The zero-order valence-corrected chi connectivity index (χ0v) is 12.2. The van der Waals surface area contributed by atoms with Crippen LogP contribution >= 0.6 is 0 Å². The third-order valence-corrected chi connectivity index (χ3v) is 5.33. The molecule has 0 amide bonds. The molecule has 0 saturated heterocycles. The highest BCUT2D eigenvalue weighted by atomic mass is 32.2. The summed E-state index contributed by atoms with van der Waals surface area (Å²) in [7, 11) is -3.36. The molecule has 0 spiro atoms. The molecule has 2 N–H and O–H groups in total. The second-order valence-corrected chi connectivity index (χ2v) is 7.16. The molecular formula is C14H21NO3S. The Balaban J connectivity index is 2.15. The maximum atomic E-state index is 12.1. The molecule has 0 aliphatic heterocycles. The molecule has 1 unspecified atom stereocenters. The summed E-state index contributed by atoms with van der Waals surface area (Å²) in [5, 5.41) is 10.0. The van der Waals surface area contributed by atoms with Gasteiger partial charge >= 0.3 is 0 Å². The molecule has 1 aliphatic rings. The summed E-state index contributed by atoms with van der Waals surface area (Å²) in [5.74, 6) is 0.223. The third kappa shape index (κ3) is 3.35. The van der Waals surface area contributed by atoms with Gasteiger partial charge in [-0.2, -0.15) is 0 Å². The van der Waals surface area contributed by atoms with Gasteiger partial charge in [0.25, 0.3) is 0 Å². The van der Waals surface area contributed by atoms with Gasteiger partial charge in [0.15, 0.2) is 0 Å². The minimum Gasteiger partial charge on any atom is -0.391 e. The van der Waals surface area contributed by atoms with Crippen LogP contribution in [0.5, 0.6) is 0 Å². The van der Waals surface area contributed by atoms with Crippen LogP contribution in [0.1, 0.15) is 37.4 Å². The number of hydrogen-bond donors (Lipinski definition) is 2. The number of aliphatic hydroxyl groups excluding tert-OH is 1. The first-order chi connectivity index (χ1) is 8.93. The molecule has 5 heteroatoms.